The molecular formula is C17H16N2O3. The van der Waals surface area contributed by atoms with Gasteiger partial charge >= 0.3 is 5.97 Å². The van der Waals surface area contributed by atoms with Gasteiger partial charge < -0.3 is 9.72 Å². The Bertz CT molecular complexity index is 870. The maximum absolute atomic E-state index is 12.2. The van der Waals surface area contributed by atoms with Gasteiger partial charge in [-0.3, -0.25) is 4.79 Å². The number of benzene rings is 1. The second-order valence-corrected chi connectivity index (χ2v) is 4.92. The summed E-state index contributed by atoms with van der Waals surface area (Å²) in [5.41, 5.74) is 2.54. The minimum atomic E-state index is -0.732. The fourth-order valence-corrected chi connectivity index (χ4v) is 2.15. The van der Waals surface area contributed by atoms with Gasteiger partial charge in [0.2, 0.25) is 0 Å². The lowest BCUT2D eigenvalue weighted by Crippen LogP contribution is -2.12. The molecule has 0 aliphatic heterocycles. The average Bonchev–Trinajstić information content (AvgIpc) is 2.50. The summed E-state index contributed by atoms with van der Waals surface area (Å²) in [5.74, 6) is -0.732. The van der Waals surface area contributed by atoms with Crippen LogP contribution in [0.15, 0.2) is 28.6 Å². The number of nitriles is 1. The molecule has 0 unspecified atom stereocenters. The number of rotatable bonds is 3. The summed E-state index contributed by atoms with van der Waals surface area (Å²) in [6.45, 7) is 5.73. The number of nitrogens with zero attached hydrogens (tertiary/aromatic N) is 1. The number of aryl methyl sites for hydroxylation is 2. The summed E-state index contributed by atoms with van der Waals surface area (Å²) < 4.78 is 4.79. The maximum Gasteiger partial charge on any atom is 0.348 e. The van der Waals surface area contributed by atoms with Crippen molar-refractivity contribution >= 4 is 22.9 Å². The van der Waals surface area contributed by atoms with Crippen LogP contribution in [0.5, 0.6) is 0 Å². The van der Waals surface area contributed by atoms with Gasteiger partial charge in [-0.15, -0.1) is 0 Å². The van der Waals surface area contributed by atoms with E-state index in [0.29, 0.717) is 0 Å². The van der Waals surface area contributed by atoms with Crippen LogP contribution in [0.1, 0.15) is 23.6 Å². The molecule has 0 saturated carbocycles. The topological polar surface area (TPSA) is 82.9 Å². The van der Waals surface area contributed by atoms with Crippen molar-refractivity contribution in [2.75, 3.05) is 6.61 Å². The monoisotopic (exact) mass is 296 g/mol. The lowest BCUT2D eigenvalue weighted by Gasteiger charge is -2.06. The lowest BCUT2D eigenvalue weighted by molar-refractivity contribution is -0.137. The van der Waals surface area contributed by atoms with Crippen molar-refractivity contribution in [1.29, 1.82) is 5.26 Å². The molecule has 0 radical (unpaired) electrons. The molecule has 1 aromatic heterocycles. The highest BCUT2D eigenvalue weighted by Gasteiger charge is 2.12. The molecular weight excluding hydrogens is 280 g/mol. The summed E-state index contributed by atoms with van der Waals surface area (Å²) in [6.07, 6.45) is 1.26. The van der Waals surface area contributed by atoms with E-state index in [1.807, 2.05) is 26.0 Å². The van der Waals surface area contributed by atoms with Crippen LogP contribution in [-0.4, -0.2) is 17.6 Å². The van der Waals surface area contributed by atoms with Crippen LogP contribution in [0.3, 0.4) is 0 Å². The first-order valence-electron chi connectivity index (χ1n) is 6.90. The van der Waals surface area contributed by atoms with Crippen LogP contribution in [0, 0.1) is 25.2 Å². The molecule has 1 heterocycles. The zero-order valence-corrected chi connectivity index (χ0v) is 12.7. The van der Waals surface area contributed by atoms with E-state index in [4.69, 9.17) is 10.00 Å². The number of aromatic nitrogens is 1. The van der Waals surface area contributed by atoms with Gasteiger partial charge in [0.15, 0.2) is 0 Å². The molecule has 0 amide bonds. The zero-order valence-electron chi connectivity index (χ0n) is 12.7. The highest BCUT2D eigenvalue weighted by molar-refractivity contribution is 5.98. The van der Waals surface area contributed by atoms with E-state index in [9.17, 15) is 9.59 Å². The summed E-state index contributed by atoms with van der Waals surface area (Å²) in [5, 5.41) is 9.88. The summed E-state index contributed by atoms with van der Waals surface area (Å²) >= 11 is 0. The number of hydrogen-bond acceptors (Lipinski definition) is 4. The number of ether oxygens (including phenoxy) is 1. The molecule has 1 N–H and O–H groups in total. The molecule has 0 atom stereocenters. The molecule has 0 fully saturated rings. The Hall–Kier alpha value is -2.87. The van der Waals surface area contributed by atoms with E-state index < -0.39 is 5.97 Å². The van der Waals surface area contributed by atoms with Crippen molar-refractivity contribution in [1.82, 2.24) is 4.98 Å². The Morgan fingerprint density at radius 3 is 2.77 bits per heavy atom. The van der Waals surface area contributed by atoms with Crippen molar-refractivity contribution in [3.8, 4) is 6.07 Å². The summed E-state index contributed by atoms with van der Waals surface area (Å²) in [7, 11) is 0. The number of aromatic amines is 1. The minimum Gasteiger partial charge on any atom is -0.462 e. The van der Waals surface area contributed by atoms with Crippen LogP contribution >= 0.6 is 0 Å². The van der Waals surface area contributed by atoms with E-state index in [0.717, 1.165) is 22.0 Å². The van der Waals surface area contributed by atoms with Gasteiger partial charge in [0.25, 0.3) is 5.56 Å². The first-order valence-corrected chi connectivity index (χ1v) is 6.90. The summed E-state index contributed by atoms with van der Waals surface area (Å²) in [6, 6.07) is 7.28. The average molecular weight is 296 g/mol. The van der Waals surface area contributed by atoms with Gasteiger partial charge in [0.05, 0.1) is 12.1 Å². The molecule has 0 aliphatic rings. The van der Waals surface area contributed by atoms with Crippen LogP contribution in [0.2, 0.25) is 0 Å². The van der Waals surface area contributed by atoms with Gasteiger partial charge in [-0.2, -0.15) is 5.26 Å². The number of nitrogens with one attached hydrogen (secondary N) is 1. The third kappa shape index (κ3) is 2.91. The van der Waals surface area contributed by atoms with E-state index in [1.165, 1.54) is 6.08 Å². The maximum atomic E-state index is 12.2. The van der Waals surface area contributed by atoms with Crippen molar-refractivity contribution < 1.29 is 9.53 Å². The molecule has 0 aliphatic carbocycles. The number of pyridine rings is 1. The van der Waals surface area contributed by atoms with E-state index in [-0.39, 0.29) is 23.3 Å². The minimum absolute atomic E-state index is 0.171. The normalized spacial score (nSPS) is 11.3. The number of carbonyl (C=O) groups is 1. The van der Waals surface area contributed by atoms with Gasteiger partial charge in [-0.1, -0.05) is 12.1 Å². The lowest BCUT2D eigenvalue weighted by atomic mass is 10.0. The highest BCUT2D eigenvalue weighted by Crippen LogP contribution is 2.19. The molecule has 112 valence electrons. The number of fused-ring (bicyclic) bond motifs is 1. The third-order valence-corrected chi connectivity index (χ3v) is 3.50. The fraction of sp³-hybridized carbons (Fsp3) is 0.235. The molecule has 22 heavy (non-hydrogen) atoms. The fourth-order valence-electron chi connectivity index (χ4n) is 2.15. The Morgan fingerprint density at radius 1 is 1.41 bits per heavy atom. The predicted molar refractivity (Wildman–Crippen MR) is 84.3 cm³/mol. The first kappa shape index (κ1) is 15.5. The molecule has 0 bridgehead atoms. The molecule has 0 spiro atoms. The largest absolute Gasteiger partial charge is 0.462 e. The second kappa shape index (κ2) is 6.27. The van der Waals surface area contributed by atoms with Crippen molar-refractivity contribution in [3.63, 3.8) is 0 Å². The predicted octanol–water partition coefficient (Wildman–Crippen LogP) is 2.62. The Kier molecular flexibility index (Phi) is 4.42. The van der Waals surface area contributed by atoms with Crippen molar-refractivity contribution in [2.45, 2.75) is 20.8 Å². The molecule has 2 aromatic rings. The Balaban J connectivity index is 2.60. The number of hydrogen-bond donors (Lipinski definition) is 1. The second-order valence-electron chi connectivity index (χ2n) is 4.92. The molecule has 0 saturated heterocycles. The smallest absolute Gasteiger partial charge is 0.348 e. The quantitative estimate of drug-likeness (QED) is 0.536. The van der Waals surface area contributed by atoms with Crippen LogP contribution < -0.4 is 5.56 Å². The molecule has 1 aromatic carbocycles. The van der Waals surface area contributed by atoms with E-state index in [1.54, 1.807) is 19.1 Å². The van der Waals surface area contributed by atoms with Crippen LogP contribution in [0.4, 0.5) is 0 Å². The standard InChI is InChI=1S/C17H16N2O3/c1-4-22-17(21)14(9-18)8-13-7-12-6-5-10(2)11(3)15(12)19-16(13)20/h5-8H,4H2,1-3H3,(H,19,20)/b14-8+. The van der Waals surface area contributed by atoms with Gasteiger partial charge in [0, 0.05) is 5.56 Å². The first-order chi connectivity index (χ1) is 10.5. The van der Waals surface area contributed by atoms with Gasteiger partial charge in [-0.05, 0) is 49.4 Å². The van der Waals surface area contributed by atoms with Gasteiger partial charge in [-0.25, -0.2) is 4.79 Å². The molecule has 5 nitrogen and oxygen atoms in total. The zero-order chi connectivity index (χ0) is 16.3. The molecule has 5 heteroatoms. The van der Waals surface area contributed by atoms with Gasteiger partial charge in [0.1, 0.15) is 11.6 Å². The molecule has 2 rings (SSSR count). The van der Waals surface area contributed by atoms with E-state index in [2.05, 4.69) is 4.98 Å². The summed E-state index contributed by atoms with van der Waals surface area (Å²) in [4.78, 5) is 26.6. The number of H-pyrrole nitrogens is 1. The van der Waals surface area contributed by atoms with Crippen LogP contribution in [0.25, 0.3) is 17.0 Å². The SMILES string of the molecule is CCOC(=O)/C(C#N)=C/c1cc2ccc(C)c(C)c2[nH]c1=O. The van der Waals surface area contributed by atoms with E-state index >= 15 is 0 Å². The van der Waals surface area contributed by atoms with Crippen LogP contribution in [-0.2, 0) is 9.53 Å². The van der Waals surface area contributed by atoms with Crippen molar-refractivity contribution in [2.24, 2.45) is 0 Å². The number of esters is 1. The Labute approximate surface area is 127 Å². The third-order valence-electron chi connectivity index (χ3n) is 3.50. The Morgan fingerprint density at radius 2 is 2.14 bits per heavy atom. The van der Waals surface area contributed by atoms with Crippen molar-refractivity contribution in [3.05, 3.63) is 50.8 Å². The highest BCUT2D eigenvalue weighted by atomic mass is 16.5. The number of carbonyl (C=O) groups excluding carboxylic acids is 1.